The van der Waals surface area contributed by atoms with E-state index >= 15 is 0 Å². The Morgan fingerprint density at radius 1 is 1.25 bits per heavy atom. The van der Waals surface area contributed by atoms with E-state index in [2.05, 4.69) is 5.32 Å². The molecule has 5 nitrogen and oxygen atoms in total. The standard InChI is InChI=1S/C15H22N2O3/c1-15(2,3)13(16)14(20)17-9-11-7-5-4-6-10(11)8-12(18)19/h4-7,13H,8-9,16H2,1-3H3,(H,17,20)(H,18,19)/t13-/m1/s1. The van der Waals surface area contributed by atoms with Crippen molar-refractivity contribution in [3.63, 3.8) is 0 Å². The van der Waals surface area contributed by atoms with Crippen LogP contribution in [0.25, 0.3) is 0 Å². The second kappa shape index (κ2) is 6.52. The van der Waals surface area contributed by atoms with Crippen LogP contribution in [0.1, 0.15) is 31.9 Å². The maximum absolute atomic E-state index is 11.9. The third-order valence-corrected chi connectivity index (χ3v) is 3.13. The smallest absolute Gasteiger partial charge is 0.307 e. The van der Waals surface area contributed by atoms with Crippen LogP contribution in [0.5, 0.6) is 0 Å². The van der Waals surface area contributed by atoms with Crippen LogP contribution in [0.2, 0.25) is 0 Å². The molecule has 1 amide bonds. The lowest BCUT2D eigenvalue weighted by Gasteiger charge is -2.26. The molecule has 0 saturated heterocycles. The number of carboxylic acids is 1. The van der Waals surface area contributed by atoms with Crippen LogP contribution in [0.15, 0.2) is 24.3 Å². The second-order valence-corrected chi connectivity index (χ2v) is 5.90. The van der Waals surface area contributed by atoms with Crippen molar-refractivity contribution in [1.82, 2.24) is 5.32 Å². The van der Waals surface area contributed by atoms with Gasteiger partial charge < -0.3 is 16.2 Å². The lowest BCUT2D eigenvalue weighted by atomic mass is 9.87. The SMILES string of the molecule is CC(C)(C)[C@H](N)C(=O)NCc1ccccc1CC(=O)O. The molecule has 1 aromatic rings. The van der Waals surface area contributed by atoms with Gasteiger partial charge in [0.15, 0.2) is 0 Å². The zero-order chi connectivity index (χ0) is 15.3. The molecule has 1 rings (SSSR count). The summed E-state index contributed by atoms with van der Waals surface area (Å²) in [6.07, 6.45) is -0.0582. The zero-order valence-electron chi connectivity index (χ0n) is 12.1. The molecule has 1 aromatic carbocycles. The first-order chi connectivity index (χ1) is 9.21. The van der Waals surface area contributed by atoms with Crippen molar-refractivity contribution in [3.8, 4) is 0 Å². The number of hydrogen-bond donors (Lipinski definition) is 3. The second-order valence-electron chi connectivity index (χ2n) is 5.90. The van der Waals surface area contributed by atoms with Crippen molar-refractivity contribution in [2.24, 2.45) is 11.1 Å². The molecule has 20 heavy (non-hydrogen) atoms. The molecular formula is C15H22N2O3. The first-order valence-corrected chi connectivity index (χ1v) is 6.53. The Morgan fingerprint density at radius 3 is 2.30 bits per heavy atom. The van der Waals surface area contributed by atoms with Gasteiger partial charge in [0.2, 0.25) is 5.91 Å². The highest BCUT2D eigenvalue weighted by Crippen LogP contribution is 2.17. The number of amides is 1. The van der Waals surface area contributed by atoms with Crippen LogP contribution >= 0.6 is 0 Å². The monoisotopic (exact) mass is 278 g/mol. The number of nitrogens with two attached hydrogens (primary N) is 1. The van der Waals surface area contributed by atoms with Crippen LogP contribution in [0, 0.1) is 5.41 Å². The van der Waals surface area contributed by atoms with Gasteiger partial charge in [0.25, 0.3) is 0 Å². The summed E-state index contributed by atoms with van der Waals surface area (Å²) in [6, 6.07) is 6.55. The van der Waals surface area contributed by atoms with Crippen molar-refractivity contribution in [2.75, 3.05) is 0 Å². The number of carboxylic acid groups (broad SMARTS) is 1. The van der Waals surface area contributed by atoms with Crippen LogP contribution in [0.4, 0.5) is 0 Å². The van der Waals surface area contributed by atoms with Gasteiger partial charge >= 0.3 is 5.97 Å². The van der Waals surface area contributed by atoms with E-state index in [1.54, 1.807) is 18.2 Å². The molecule has 0 aliphatic carbocycles. The fraction of sp³-hybridized carbons (Fsp3) is 0.467. The largest absolute Gasteiger partial charge is 0.481 e. The number of benzene rings is 1. The number of rotatable bonds is 5. The fourth-order valence-corrected chi connectivity index (χ4v) is 1.75. The van der Waals surface area contributed by atoms with E-state index in [9.17, 15) is 9.59 Å². The Kier molecular flexibility index (Phi) is 5.27. The number of carbonyl (C=O) groups is 2. The zero-order valence-corrected chi connectivity index (χ0v) is 12.1. The molecule has 0 fully saturated rings. The summed E-state index contributed by atoms with van der Waals surface area (Å²) in [4.78, 5) is 22.7. The Labute approximate surface area is 119 Å². The van der Waals surface area contributed by atoms with E-state index in [1.807, 2.05) is 26.8 Å². The summed E-state index contributed by atoms with van der Waals surface area (Å²) in [7, 11) is 0. The Hall–Kier alpha value is -1.88. The summed E-state index contributed by atoms with van der Waals surface area (Å²) >= 11 is 0. The number of hydrogen-bond acceptors (Lipinski definition) is 3. The van der Waals surface area contributed by atoms with Gasteiger partial charge in [-0.1, -0.05) is 45.0 Å². The molecule has 0 spiro atoms. The summed E-state index contributed by atoms with van der Waals surface area (Å²) < 4.78 is 0. The summed E-state index contributed by atoms with van der Waals surface area (Å²) in [5.41, 5.74) is 7.05. The predicted molar refractivity (Wildman–Crippen MR) is 77.1 cm³/mol. The fourth-order valence-electron chi connectivity index (χ4n) is 1.75. The molecule has 0 unspecified atom stereocenters. The number of aliphatic carboxylic acids is 1. The normalized spacial score (nSPS) is 12.8. The van der Waals surface area contributed by atoms with Crippen LogP contribution < -0.4 is 11.1 Å². The lowest BCUT2D eigenvalue weighted by molar-refractivity contribution is -0.136. The molecule has 0 saturated carbocycles. The van der Waals surface area contributed by atoms with Gasteiger partial charge in [-0.25, -0.2) is 0 Å². The molecule has 0 radical (unpaired) electrons. The summed E-state index contributed by atoms with van der Waals surface area (Å²) in [5, 5.41) is 11.6. The van der Waals surface area contributed by atoms with Gasteiger partial charge in [-0.3, -0.25) is 9.59 Å². The van der Waals surface area contributed by atoms with Gasteiger partial charge in [-0.05, 0) is 16.5 Å². The van der Waals surface area contributed by atoms with Gasteiger partial charge in [-0.2, -0.15) is 0 Å². The van der Waals surface area contributed by atoms with Crippen LogP contribution in [0.3, 0.4) is 0 Å². The minimum atomic E-state index is -0.893. The highest BCUT2D eigenvalue weighted by atomic mass is 16.4. The molecule has 0 aliphatic heterocycles. The first kappa shape index (κ1) is 16.2. The van der Waals surface area contributed by atoms with Crippen molar-refractivity contribution in [2.45, 2.75) is 39.8 Å². The number of carbonyl (C=O) groups excluding carboxylic acids is 1. The maximum atomic E-state index is 11.9. The molecule has 0 aliphatic rings. The number of nitrogens with one attached hydrogen (secondary N) is 1. The third kappa shape index (κ3) is 4.66. The van der Waals surface area contributed by atoms with Gasteiger partial charge in [0, 0.05) is 6.54 Å². The molecule has 4 N–H and O–H groups in total. The van der Waals surface area contributed by atoms with E-state index in [-0.39, 0.29) is 24.3 Å². The average Bonchev–Trinajstić information content (AvgIpc) is 2.34. The molecule has 0 heterocycles. The predicted octanol–water partition coefficient (Wildman–Crippen LogP) is 1.30. The highest BCUT2D eigenvalue weighted by molar-refractivity contribution is 5.82. The first-order valence-electron chi connectivity index (χ1n) is 6.53. The Morgan fingerprint density at radius 2 is 1.80 bits per heavy atom. The van der Waals surface area contributed by atoms with E-state index < -0.39 is 12.0 Å². The minimum Gasteiger partial charge on any atom is -0.481 e. The van der Waals surface area contributed by atoms with Gasteiger partial charge in [0.05, 0.1) is 12.5 Å². The van der Waals surface area contributed by atoms with Gasteiger partial charge in [0.1, 0.15) is 0 Å². The third-order valence-electron chi connectivity index (χ3n) is 3.13. The molecular weight excluding hydrogens is 256 g/mol. The Balaban J connectivity index is 2.71. The highest BCUT2D eigenvalue weighted by Gasteiger charge is 2.27. The van der Waals surface area contributed by atoms with E-state index in [1.165, 1.54) is 0 Å². The topological polar surface area (TPSA) is 92.4 Å². The Bertz CT molecular complexity index is 492. The maximum Gasteiger partial charge on any atom is 0.307 e. The lowest BCUT2D eigenvalue weighted by Crippen LogP contribution is -2.48. The van der Waals surface area contributed by atoms with E-state index in [0.717, 1.165) is 5.56 Å². The quantitative estimate of drug-likeness (QED) is 0.757. The van der Waals surface area contributed by atoms with Crippen molar-refractivity contribution < 1.29 is 14.7 Å². The van der Waals surface area contributed by atoms with Crippen LogP contribution in [-0.2, 0) is 22.6 Å². The van der Waals surface area contributed by atoms with Crippen molar-refractivity contribution in [1.29, 1.82) is 0 Å². The summed E-state index contributed by atoms with van der Waals surface area (Å²) in [5.74, 6) is -1.13. The summed E-state index contributed by atoms with van der Waals surface area (Å²) in [6.45, 7) is 5.98. The molecule has 0 aromatic heterocycles. The van der Waals surface area contributed by atoms with Crippen molar-refractivity contribution in [3.05, 3.63) is 35.4 Å². The average molecular weight is 278 g/mol. The van der Waals surface area contributed by atoms with Crippen molar-refractivity contribution >= 4 is 11.9 Å². The minimum absolute atomic E-state index is 0.0582. The van der Waals surface area contributed by atoms with E-state index in [0.29, 0.717) is 5.56 Å². The molecule has 5 heteroatoms. The molecule has 110 valence electrons. The van der Waals surface area contributed by atoms with Gasteiger partial charge in [-0.15, -0.1) is 0 Å². The molecule has 1 atom stereocenters. The molecule has 0 bridgehead atoms. The van der Waals surface area contributed by atoms with Crippen LogP contribution in [-0.4, -0.2) is 23.0 Å². The van der Waals surface area contributed by atoms with E-state index in [4.69, 9.17) is 10.8 Å².